The summed E-state index contributed by atoms with van der Waals surface area (Å²) in [5.74, 6) is -0.0361. The quantitative estimate of drug-likeness (QED) is 0.588. The largest absolute Gasteiger partial charge is 0.288 e. The van der Waals surface area contributed by atoms with E-state index in [1.165, 1.54) is 39.4 Å². The first-order valence-electron chi connectivity index (χ1n) is 4.39. The maximum atomic E-state index is 12.1. The van der Waals surface area contributed by atoms with Crippen LogP contribution in [0.3, 0.4) is 0 Å². The highest BCUT2D eigenvalue weighted by Crippen LogP contribution is 2.35. The molecule has 1 aliphatic rings. The minimum absolute atomic E-state index is 0.0181. The summed E-state index contributed by atoms with van der Waals surface area (Å²) in [6.07, 6.45) is 0. The molecule has 0 fully saturated rings. The van der Waals surface area contributed by atoms with Gasteiger partial charge in [-0.1, -0.05) is 44.9 Å². The van der Waals surface area contributed by atoms with E-state index in [-0.39, 0.29) is 11.6 Å². The first-order valence-corrected chi connectivity index (χ1v) is 9.21. The standard InChI is InChI=1S/C10H4O2S4/c11-7-5-3-1-2-4-6(5)8(12)10-9(7)13-15-16-14-10/h1-4H. The van der Waals surface area contributed by atoms with E-state index in [9.17, 15) is 9.59 Å². The molecule has 0 spiro atoms. The number of carbonyl (C=O) groups is 2. The molecule has 0 atom stereocenters. The molecule has 0 unspecified atom stereocenters. The van der Waals surface area contributed by atoms with E-state index < -0.39 is 0 Å². The Morgan fingerprint density at radius 2 is 1.19 bits per heavy atom. The molecular weight excluding hydrogens is 280 g/mol. The van der Waals surface area contributed by atoms with Gasteiger partial charge >= 0.3 is 0 Å². The van der Waals surface area contributed by atoms with Crippen LogP contribution in [0.2, 0.25) is 0 Å². The molecule has 1 heterocycles. The number of benzene rings is 1. The molecule has 6 heteroatoms. The van der Waals surface area contributed by atoms with Crippen LogP contribution in [0.15, 0.2) is 24.3 Å². The second kappa shape index (κ2) is 3.89. The Bertz CT molecular complexity index is 518. The van der Waals surface area contributed by atoms with Crippen molar-refractivity contribution in [2.24, 2.45) is 0 Å². The van der Waals surface area contributed by atoms with Crippen molar-refractivity contribution in [3.05, 3.63) is 45.1 Å². The normalized spacial score (nSPS) is 13.2. The number of ketones is 2. The molecular formula is C10H4O2S4. The van der Waals surface area contributed by atoms with Crippen molar-refractivity contribution in [1.29, 1.82) is 0 Å². The fourth-order valence-corrected chi connectivity index (χ4v) is 7.80. The van der Waals surface area contributed by atoms with E-state index in [1.807, 2.05) is 0 Å². The van der Waals surface area contributed by atoms with Crippen LogP contribution in [0.5, 0.6) is 0 Å². The minimum Gasteiger partial charge on any atom is -0.288 e. The van der Waals surface area contributed by atoms with Gasteiger partial charge in [-0.05, 0) is 18.7 Å². The van der Waals surface area contributed by atoms with Crippen LogP contribution >= 0.6 is 39.4 Å². The average molecular weight is 284 g/mol. The molecule has 16 heavy (non-hydrogen) atoms. The summed E-state index contributed by atoms with van der Waals surface area (Å²) in [7, 11) is 5.83. The van der Waals surface area contributed by atoms with Gasteiger partial charge in [0.25, 0.3) is 0 Å². The van der Waals surface area contributed by atoms with Crippen LogP contribution in [-0.2, 0) is 0 Å². The summed E-state index contributed by atoms with van der Waals surface area (Å²) in [4.78, 5) is 25.4. The lowest BCUT2D eigenvalue weighted by molar-refractivity contribution is 0.0985. The fourth-order valence-electron chi connectivity index (χ4n) is 1.58. The van der Waals surface area contributed by atoms with E-state index >= 15 is 0 Å². The third-order valence-electron chi connectivity index (χ3n) is 2.30. The number of fused-ring (bicyclic) bond motifs is 2. The second-order valence-corrected chi connectivity index (χ2v) is 8.85. The molecule has 0 bridgehead atoms. The maximum absolute atomic E-state index is 12.1. The highest BCUT2D eigenvalue weighted by molar-refractivity contribution is 8.07. The van der Waals surface area contributed by atoms with Gasteiger partial charge in [0.05, 0.1) is 0 Å². The Hall–Kier alpha value is -0.820. The van der Waals surface area contributed by atoms with E-state index in [0.29, 0.717) is 20.9 Å². The second-order valence-electron chi connectivity index (χ2n) is 3.16. The molecule has 1 aromatic heterocycles. The van der Waals surface area contributed by atoms with Crippen molar-refractivity contribution in [2.45, 2.75) is 0 Å². The van der Waals surface area contributed by atoms with Gasteiger partial charge in [-0.25, -0.2) is 0 Å². The van der Waals surface area contributed by atoms with E-state index in [4.69, 9.17) is 0 Å². The van der Waals surface area contributed by atoms with Gasteiger partial charge < -0.3 is 0 Å². The summed E-state index contributed by atoms with van der Waals surface area (Å²) in [6, 6.07) is 7.02. The molecule has 0 radical (unpaired) electrons. The minimum atomic E-state index is -0.0181. The lowest BCUT2D eigenvalue weighted by Gasteiger charge is -2.14. The summed E-state index contributed by atoms with van der Waals surface area (Å²) in [5, 5.41) is 0. The topological polar surface area (TPSA) is 34.1 Å². The third-order valence-corrected chi connectivity index (χ3v) is 8.53. The molecule has 0 N–H and O–H groups in total. The monoisotopic (exact) mass is 284 g/mol. The van der Waals surface area contributed by atoms with E-state index in [2.05, 4.69) is 0 Å². The maximum Gasteiger partial charge on any atom is 0.206 e. The highest BCUT2D eigenvalue weighted by Gasteiger charge is 2.30. The van der Waals surface area contributed by atoms with Gasteiger partial charge in [0.2, 0.25) is 11.6 Å². The first kappa shape index (κ1) is 10.3. The lowest BCUT2D eigenvalue weighted by atomic mass is 9.93. The average Bonchev–Trinajstić information content (AvgIpc) is 2.36. The van der Waals surface area contributed by atoms with Crippen molar-refractivity contribution in [1.82, 2.24) is 0 Å². The highest BCUT2D eigenvalue weighted by atomic mass is 33.4. The molecule has 0 saturated carbocycles. The number of carbonyl (C=O) groups excluding carboxylic acids is 2. The summed E-state index contributed by atoms with van der Waals surface area (Å²) >= 11 is 0. The summed E-state index contributed by atoms with van der Waals surface area (Å²) < 4.78 is 0. The molecule has 80 valence electrons. The predicted octanol–water partition coefficient (Wildman–Crippen LogP) is 3.83. The zero-order valence-electron chi connectivity index (χ0n) is 7.76. The molecule has 0 aliphatic heterocycles. The molecule has 1 aliphatic carbocycles. The van der Waals surface area contributed by atoms with Crippen LogP contribution in [0.4, 0.5) is 0 Å². The van der Waals surface area contributed by atoms with Gasteiger partial charge in [-0.15, -0.1) is 0 Å². The molecule has 2 aromatic rings. The Kier molecular flexibility index (Phi) is 2.51. The Morgan fingerprint density at radius 1 is 0.750 bits per heavy atom. The fraction of sp³-hybridized carbons (Fsp3) is 0. The van der Waals surface area contributed by atoms with Crippen LogP contribution in [0, 0.1) is 0 Å². The van der Waals surface area contributed by atoms with Crippen molar-refractivity contribution < 1.29 is 9.59 Å². The summed E-state index contributed by atoms with van der Waals surface area (Å²) in [6.45, 7) is 0. The van der Waals surface area contributed by atoms with Crippen molar-refractivity contribution in [3.63, 3.8) is 0 Å². The van der Waals surface area contributed by atoms with Crippen LogP contribution in [0.25, 0.3) is 0 Å². The van der Waals surface area contributed by atoms with Crippen LogP contribution in [0.1, 0.15) is 30.5 Å². The molecule has 2 nitrogen and oxygen atoms in total. The Balaban J connectivity index is 2.35. The van der Waals surface area contributed by atoms with Gasteiger partial charge in [0, 0.05) is 11.1 Å². The van der Waals surface area contributed by atoms with E-state index in [1.54, 1.807) is 24.3 Å². The molecule has 0 amide bonds. The van der Waals surface area contributed by atoms with Crippen molar-refractivity contribution >= 4 is 50.9 Å². The number of hydrogen-bond acceptors (Lipinski definition) is 6. The Labute approximate surface area is 105 Å². The zero-order chi connectivity index (χ0) is 11.1. The molecule has 1 aromatic carbocycles. The van der Waals surface area contributed by atoms with Crippen LogP contribution < -0.4 is 0 Å². The Morgan fingerprint density at radius 3 is 1.62 bits per heavy atom. The van der Waals surface area contributed by atoms with Crippen LogP contribution in [-0.4, -0.2) is 11.6 Å². The smallest absolute Gasteiger partial charge is 0.206 e. The zero-order valence-corrected chi connectivity index (χ0v) is 11.0. The van der Waals surface area contributed by atoms with E-state index in [0.717, 1.165) is 0 Å². The predicted molar refractivity (Wildman–Crippen MR) is 68.9 cm³/mol. The van der Waals surface area contributed by atoms with Gasteiger partial charge in [-0.3, -0.25) is 9.59 Å². The van der Waals surface area contributed by atoms with Crippen molar-refractivity contribution in [3.8, 4) is 0 Å². The van der Waals surface area contributed by atoms with Crippen molar-refractivity contribution in [2.75, 3.05) is 0 Å². The van der Waals surface area contributed by atoms with Gasteiger partial charge in [-0.2, -0.15) is 0 Å². The number of hydrogen-bond donors (Lipinski definition) is 0. The molecule has 0 saturated heterocycles. The lowest BCUT2D eigenvalue weighted by Crippen LogP contribution is -2.18. The van der Waals surface area contributed by atoms with Gasteiger partial charge in [0.15, 0.2) is 0 Å². The molecule has 3 rings (SSSR count). The third kappa shape index (κ3) is 1.41. The van der Waals surface area contributed by atoms with Gasteiger partial charge in [0.1, 0.15) is 9.75 Å². The number of rotatable bonds is 0. The summed E-state index contributed by atoms with van der Waals surface area (Å²) in [5.41, 5.74) is 1.07. The SMILES string of the molecule is O=C1c2ccccc2C(=O)c2ssssc21. The first-order chi connectivity index (χ1) is 7.79.